The molecular weight excluding hydrogens is 186 g/mol. The molecule has 1 aromatic carbocycles. The van der Waals surface area contributed by atoms with Crippen molar-refractivity contribution in [2.45, 2.75) is 13.5 Å². The number of aromatic nitrogens is 2. The maximum absolute atomic E-state index is 8.79. The molecule has 0 aliphatic rings. The lowest BCUT2D eigenvalue weighted by molar-refractivity contribution is 0.770. The molecule has 0 N–H and O–H groups in total. The Morgan fingerprint density at radius 2 is 2.07 bits per heavy atom. The normalized spacial score (nSPS) is 9.87. The van der Waals surface area contributed by atoms with Gasteiger partial charge in [-0.2, -0.15) is 5.26 Å². The van der Waals surface area contributed by atoms with E-state index in [0.717, 1.165) is 17.9 Å². The quantitative estimate of drug-likeness (QED) is 0.742. The molecule has 0 aliphatic heterocycles. The van der Waals surface area contributed by atoms with Crippen LogP contribution < -0.4 is 0 Å². The maximum Gasteiger partial charge on any atom is 0.159 e. The standard InChI is InChI=1S/C12H11N3/c1-2-15-9-11(8-13)14-12(15)10-6-4-3-5-7-10/h3-7,9H,2H2,1H3. The molecule has 3 nitrogen and oxygen atoms in total. The van der Waals surface area contributed by atoms with Crippen molar-refractivity contribution in [1.29, 1.82) is 5.26 Å². The third-order valence-electron chi connectivity index (χ3n) is 2.26. The lowest BCUT2D eigenvalue weighted by Gasteiger charge is -2.03. The summed E-state index contributed by atoms with van der Waals surface area (Å²) in [6.07, 6.45) is 1.78. The van der Waals surface area contributed by atoms with E-state index >= 15 is 0 Å². The summed E-state index contributed by atoms with van der Waals surface area (Å²) in [7, 11) is 0. The second kappa shape index (κ2) is 3.97. The molecule has 0 amide bonds. The van der Waals surface area contributed by atoms with Crippen LogP contribution in [-0.4, -0.2) is 9.55 Å². The van der Waals surface area contributed by atoms with Crippen LogP contribution in [0.3, 0.4) is 0 Å². The lowest BCUT2D eigenvalue weighted by Crippen LogP contribution is -1.95. The van der Waals surface area contributed by atoms with E-state index in [1.807, 2.05) is 41.8 Å². The zero-order valence-electron chi connectivity index (χ0n) is 8.51. The molecule has 0 saturated carbocycles. The highest BCUT2D eigenvalue weighted by Crippen LogP contribution is 2.18. The van der Waals surface area contributed by atoms with Crippen LogP contribution in [0.5, 0.6) is 0 Å². The Hall–Kier alpha value is -2.08. The number of hydrogen-bond donors (Lipinski definition) is 0. The number of aryl methyl sites for hydroxylation is 1. The van der Waals surface area contributed by atoms with E-state index in [1.54, 1.807) is 6.20 Å². The van der Waals surface area contributed by atoms with Gasteiger partial charge in [-0.3, -0.25) is 0 Å². The molecule has 2 aromatic rings. The van der Waals surface area contributed by atoms with Crippen LogP contribution in [0.2, 0.25) is 0 Å². The summed E-state index contributed by atoms with van der Waals surface area (Å²) in [5, 5.41) is 8.79. The first-order valence-electron chi connectivity index (χ1n) is 4.88. The molecular formula is C12H11N3. The molecule has 1 aromatic heterocycles. The van der Waals surface area contributed by atoms with Gasteiger partial charge in [-0.25, -0.2) is 4.98 Å². The van der Waals surface area contributed by atoms with Crippen molar-refractivity contribution in [3.05, 3.63) is 42.2 Å². The maximum atomic E-state index is 8.79. The van der Waals surface area contributed by atoms with E-state index in [4.69, 9.17) is 5.26 Å². The van der Waals surface area contributed by atoms with Crippen molar-refractivity contribution in [3.8, 4) is 17.5 Å². The summed E-state index contributed by atoms with van der Waals surface area (Å²) in [5.74, 6) is 0.856. The van der Waals surface area contributed by atoms with Gasteiger partial charge in [0, 0.05) is 18.3 Å². The smallest absolute Gasteiger partial charge is 0.159 e. The summed E-state index contributed by atoms with van der Waals surface area (Å²) in [4.78, 5) is 4.27. The van der Waals surface area contributed by atoms with Crippen LogP contribution in [0, 0.1) is 11.3 Å². The van der Waals surface area contributed by atoms with Crippen molar-refractivity contribution < 1.29 is 0 Å². The molecule has 0 spiro atoms. The second-order valence-electron chi connectivity index (χ2n) is 3.21. The molecule has 0 saturated heterocycles. The van der Waals surface area contributed by atoms with Gasteiger partial charge in [0.25, 0.3) is 0 Å². The molecule has 2 rings (SSSR count). The van der Waals surface area contributed by atoms with Crippen molar-refractivity contribution in [1.82, 2.24) is 9.55 Å². The predicted molar refractivity (Wildman–Crippen MR) is 58.1 cm³/mol. The van der Waals surface area contributed by atoms with Gasteiger partial charge in [0.15, 0.2) is 5.69 Å². The molecule has 0 unspecified atom stereocenters. The first-order chi connectivity index (χ1) is 7.35. The zero-order chi connectivity index (χ0) is 10.7. The van der Waals surface area contributed by atoms with Gasteiger partial charge < -0.3 is 4.57 Å². The van der Waals surface area contributed by atoms with E-state index in [2.05, 4.69) is 11.1 Å². The highest BCUT2D eigenvalue weighted by Gasteiger charge is 2.07. The average molecular weight is 197 g/mol. The van der Waals surface area contributed by atoms with Gasteiger partial charge in [0.1, 0.15) is 11.9 Å². The van der Waals surface area contributed by atoms with Gasteiger partial charge in [0.2, 0.25) is 0 Å². The first kappa shape index (κ1) is 9.47. The topological polar surface area (TPSA) is 41.6 Å². The Morgan fingerprint density at radius 3 is 2.67 bits per heavy atom. The predicted octanol–water partition coefficient (Wildman–Crippen LogP) is 2.44. The van der Waals surface area contributed by atoms with Gasteiger partial charge in [-0.05, 0) is 6.92 Å². The van der Waals surface area contributed by atoms with Crippen LogP contribution >= 0.6 is 0 Å². The summed E-state index contributed by atoms with van der Waals surface area (Å²) in [6, 6.07) is 12.0. The van der Waals surface area contributed by atoms with E-state index in [-0.39, 0.29) is 0 Å². The molecule has 0 bridgehead atoms. The number of hydrogen-bond acceptors (Lipinski definition) is 2. The molecule has 0 atom stereocenters. The second-order valence-corrected chi connectivity index (χ2v) is 3.21. The number of nitriles is 1. The lowest BCUT2D eigenvalue weighted by atomic mass is 10.2. The molecule has 0 aliphatic carbocycles. The van der Waals surface area contributed by atoms with E-state index in [0.29, 0.717) is 5.69 Å². The fourth-order valence-corrected chi connectivity index (χ4v) is 1.53. The van der Waals surface area contributed by atoms with Crippen molar-refractivity contribution in [2.75, 3.05) is 0 Å². The Balaban J connectivity index is 2.53. The van der Waals surface area contributed by atoms with Crippen LogP contribution in [0.4, 0.5) is 0 Å². The van der Waals surface area contributed by atoms with Crippen molar-refractivity contribution in [3.63, 3.8) is 0 Å². The summed E-state index contributed by atoms with van der Waals surface area (Å²) in [5.41, 5.74) is 1.51. The largest absolute Gasteiger partial charge is 0.330 e. The minimum absolute atomic E-state index is 0.468. The third kappa shape index (κ3) is 1.75. The third-order valence-corrected chi connectivity index (χ3v) is 2.26. The van der Waals surface area contributed by atoms with Gasteiger partial charge in [-0.1, -0.05) is 30.3 Å². The average Bonchev–Trinajstić information content (AvgIpc) is 2.73. The summed E-state index contributed by atoms with van der Waals surface area (Å²) < 4.78 is 1.98. The Kier molecular flexibility index (Phi) is 2.51. The van der Waals surface area contributed by atoms with Crippen LogP contribution in [0.15, 0.2) is 36.5 Å². The Morgan fingerprint density at radius 1 is 1.33 bits per heavy atom. The summed E-state index contributed by atoms with van der Waals surface area (Å²) in [6.45, 7) is 2.86. The molecule has 15 heavy (non-hydrogen) atoms. The minimum Gasteiger partial charge on any atom is -0.330 e. The van der Waals surface area contributed by atoms with E-state index < -0.39 is 0 Å². The Labute approximate surface area is 88.6 Å². The summed E-state index contributed by atoms with van der Waals surface area (Å²) >= 11 is 0. The minimum atomic E-state index is 0.468. The van der Waals surface area contributed by atoms with Gasteiger partial charge >= 0.3 is 0 Å². The monoisotopic (exact) mass is 197 g/mol. The van der Waals surface area contributed by atoms with Crippen molar-refractivity contribution in [2.24, 2.45) is 0 Å². The van der Waals surface area contributed by atoms with Crippen LogP contribution in [0.1, 0.15) is 12.6 Å². The number of imidazole rings is 1. The number of rotatable bonds is 2. The molecule has 3 heteroatoms. The fraction of sp³-hybridized carbons (Fsp3) is 0.167. The molecule has 0 fully saturated rings. The SMILES string of the molecule is CCn1cc(C#N)nc1-c1ccccc1. The molecule has 1 heterocycles. The highest BCUT2D eigenvalue weighted by atomic mass is 15.1. The van der Waals surface area contributed by atoms with Gasteiger partial charge in [-0.15, -0.1) is 0 Å². The molecule has 74 valence electrons. The van der Waals surface area contributed by atoms with E-state index in [9.17, 15) is 0 Å². The highest BCUT2D eigenvalue weighted by molar-refractivity contribution is 5.56. The first-order valence-corrected chi connectivity index (χ1v) is 4.88. The zero-order valence-corrected chi connectivity index (χ0v) is 8.51. The van der Waals surface area contributed by atoms with Gasteiger partial charge in [0.05, 0.1) is 0 Å². The van der Waals surface area contributed by atoms with E-state index in [1.165, 1.54) is 0 Å². The van der Waals surface area contributed by atoms with Crippen molar-refractivity contribution >= 4 is 0 Å². The fourth-order valence-electron chi connectivity index (χ4n) is 1.53. The number of benzene rings is 1. The number of nitrogens with zero attached hydrogens (tertiary/aromatic N) is 3. The Bertz CT molecular complexity index is 491. The van der Waals surface area contributed by atoms with Crippen LogP contribution in [0.25, 0.3) is 11.4 Å². The molecule has 0 radical (unpaired) electrons. The van der Waals surface area contributed by atoms with Crippen LogP contribution in [-0.2, 0) is 6.54 Å².